The summed E-state index contributed by atoms with van der Waals surface area (Å²) >= 11 is 0. The third kappa shape index (κ3) is 5.64. The van der Waals surface area contributed by atoms with Crippen LogP contribution in [-0.4, -0.2) is 45.1 Å². The zero-order chi connectivity index (χ0) is 9.61. The topological polar surface area (TPSA) is 68.2 Å². The van der Waals surface area contributed by atoms with E-state index < -0.39 is 9.05 Å². The van der Waals surface area contributed by atoms with E-state index in [4.69, 9.17) is 18.8 Å². The SMILES string of the molecule is CCO[Si](O)(O)OC(C)COC. The molecule has 0 rings (SSSR count). The van der Waals surface area contributed by atoms with Crippen molar-refractivity contribution in [2.45, 2.75) is 20.0 Å². The summed E-state index contributed by atoms with van der Waals surface area (Å²) in [6, 6.07) is 0. The summed E-state index contributed by atoms with van der Waals surface area (Å²) in [6.45, 7) is 3.87. The maximum atomic E-state index is 9.11. The number of rotatable bonds is 6. The Morgan fingerprint density at radius 3 is 2.42 bits per heavy atom. The molecule has 2 N–H and O–H groups in total. The van der Waals surface area contributed by atoms with Gasteiger partial charge in [-0.25, -0.2) is 0 Å². The summed E-state index contributed by atoms with van der Waals surface area (Å²) in [5.41, 5.74) is 0. The van der Waals surface area contributed by atoms with Gasteiger partial charge in [-0.3, -0.25) is 0 Å². The van der Waals surface area contributed by atoms with Gasteiger partial charge < -0.3 is 23.2 Å². The van der Waals surface area contributed by atoms with Gasteiger partial charge >= 0.3 is 9.05 Å². The molecule has 74 valence electrons. The van der Waals surface area contributed by atoms with Crippen LogP contribution in [0.1, 0.15) is 13.8 Å². The van der Waals surface area contributed by atoms with Gasteiger partial charge in [-0.15, -0.1) is 0 Å². The lowest BCUT2D eigenvalue weighted by Crippen LogP contribution is -2.46. The predicted octanol–water partition coefficient (Wildman–Crippen LogP) is -0.505. The molecule has 0 aromatic heterocycles. The van der Waals surface area contributed by atoms with Crippen LogP contribution in [0.15, 0.2) is 0 Å². The molecule has 1 unspecified atom stereocenters. The first-order valence-electron chi connectivity index (χ1n) is 3.77. The highest BCUT2D eigenvalue weighted by Gasteiger charge is 2.37. The van der Waals surface area contributed by atoms with E-state index in [1.165, 1.54) is 7.11 Å². The summed E-state index contributed by atoms with van der Waals surface area (Å²) in [6.07, 6.45) is -0.372. The van der Waals surface area contributed by atoms with Crippen LogP contribution in [-0.2, 0) is 13.6 Å². The Morgan fingerprint density at radius 2 is 2.00 bits per heavy atom. The molecule has 0 radical (unpaired) electrons. The van der Waals surface area contributed by atoms with Gasteiger partial charge in [0.05, 0.1) is 12.7 Å². The second-order valence-corrected chi connectivity index (χ2v) is 3.99. The van der Waals surface area contributed by atoms with Gasteiger partial charge in [-0.1, -0.05) is 0 Å². The Hall–Kier alpha value is 0.0169. The van der Waals surface area contributed by atoms with Crippen molar-refractivity contribution >= 4 is 9.05 Å². The van der Waals surface area contributed by atoms with E-state index in [1.807, 2.05) is 0 Å². The molecule has 0 aromatic rings. The van der Waals surface area contributed by atoms with Crippen LogP contribution in [0.2, 0.25) is 0 Å². The van der Waals surface area contributed by atoms with E-state index in [-0.39, 0.29) is 12.7 Å². The van der Waals surface area contributed by atoms with Crippen molar-refractivity contribution in [3.05, 3.63) is 0 Å². The first-order valence-corrected chi connectivity index (χ1v) is 5.48. The number of hydrogen-bond acceptors (Lipinski definition) is 5. The number of ether oxygens (including phenoxy) is 1. The first-order chi connectivity index (χ1) is 5.52. The fraction of sp³-hybridized carbons (Fsp3) is 1.00. The number of methoxy groups -OCH3 is 1. The second kappa shape index (κ2) is 5.63. The van der Waals surface area contributed by atoms with Gasteiger partial charge in [0.25, 0.3) is 0 Å². The maximum absolute atomic E-state index is 9.11. The van der Waals surface area contributed by atoms with Crippen molar-refractivity contribution in [3.63, 3.8) is 0 Å². The van der Waals surface area contributed by atoms with Crippen LogP contribution >= 0.6 is 0 Å². The zero-order valence-corrected chi connectivity index (χ0v) is 8.61. The molecule has 12 heavy (non-hydrogen) atoms. The minimum Gasteiger partial charge on any atom is -0.382 e. The van der Waals surface area contributed by atoms with Gasteiger partial charge in [0, 0.05) is 13.7 Å². The van der Waals surface area contributed by atoms with Crippen molar-refractivity contribution < 1.29 is 23.2 Å². The average Bonchev–Trinajstić information content (AvgIpc) is 1.85. The third-order valence-electron chi connectivity index (χ3n) is 1.09. The van der Waals surface area contributed by atoms with Gasteiger partial charge in [0.2, 0.25) is 0 Å². The van der Waals surface area contributed by atoms with E-state index in [9.17, 15) is 0 Å². The van der Waals surface area contributed by atoms with Gasteiger partial charge in [0.1, 0.15) is 0 Å². The van der Waals surface area contributed by atoms with E-state index in [2.05, 4.69) is 4.43 Å². The summed E-state index contributed by atoms with van der Waals surface area (Å²) in [5.74, 6) is 0. The molecule has 0 aliphatic heterocycles. The first kappa shape index (κ1) is 12.0. The summed E-state index contributed by atoms with van der Waals surface area (Å²) in [7, 11) is -2.37. The number of hydrogen-bond donors (Lipinski definition) is 2. The molecule has 0 amide bonds. The molecule has 0 aliphatic rings. The lowest BCUT2D eigenvalue weighted by Gasteiger charge is -2.20. The Labute approximate surface area is 73.4 Å². The fourth-order valence-electron chi connectivity index (χ4n) is 0.753. The highest BCUT2D eigenvalue weighted by atomic mass is 28.4. The summed E-state index contributed by atoms with van der Waals surface area (Å²) in [4.78, 5) is 18.2. The van der Waals surface area contributed by atoms with Crippen molar-refractivity contribution in [2.75, 3.05) is 20.3 Å². The molecule has 0 heterocycles. The molecule has 0 aliphatic carbocycles. The highest BCUT2D eigenvalue weighted by molar-refractivity contribution is 6.50. The predicted molar refractivity (Wildman–Crippen MR) is 44.2 cm³/mol. The van der Waals surface area contributed by atoms with Crippen molar-refractivity contribution in [2.24, 2.45) is 0 Å². The smallest absolute Gasteiger partial charge is 0.382 e. The van der Waals surface area contributed by atoms with Crippen LogP contribution in [0.4, 0.5) is 0 Å². The Morgan fingerprint density at radius 1 is 1.42 bits per heavy atom. The van der Waals surface area contributed by atoms with Crippen molar-refractivity contribution in [3.8, 4) is 0 Å². The van der Waals surface area contributed by atoms with Gasteiger partial charge in [0.15, 0.2) is 0 Å². The Balaban J connectivity index is 3.70. The molecule has 6 heteroatoms. The lowest BCUT2D eigenvalue weighted by molar-refractivity contribution is -0.0221. The Kier molecular flexibility index (Phi) is 5.63. The standard InChI is InChI=1S/C6H16O5Si/c1-4-10-12(7,8)11-6(2)5-9-3/h6-8H,4-5H2,1-3H3. The minimum absolute atomic E-state index is 0.221. The second-order valence-electron chi connectivity index (χ2n) is 2.37. The normalized spacial score (nSPS) is 14.8. The van der Waals surface area contributed by atoms with Gasteiger partial charge in [-0.2, -0.15) is 0 Å². The molecular formula is C6H16O5Si. The molecule has 0 spiro atoms. The molecule has 1 atom stereocenters. The van der Waals surface area contributed by atoms with Gasteiger partial charge in [-0.05, 0) is 13.8 Å². The lowest BCUT2D eigenvalue weighted by atomic mass is 10.5. The van der Waals surface area contributed by atoms with Crippen LogP contribution in [0.3, 0.4) is 0 Å². The molecule has 0 aromatic carbocycles. The molecule has 0 fully saturated rings. The van der Waals surface area contributed by atoms with E-state index in [1.54, 1.807) is 13.8 Å². The summed E-state index contributed by atoms with van der Waals surface area (Å²) in [5, 5.41) is 0. The summed E-state index contributed by atoms with van der Waals surface area (Å²) < 4.78 is 14.2. The van der Waals surface area contributed by atoms with Crippen LogP contribution in [0.25, 0.3) is 0 Å². The maximum Gasteiger partial charge on any atom is 0.674 e. The average molecular weight is 196 g/mol. The van der Waals surface area contributed by atoms with E-state index in [0.717, 1.165) is 0 Å². The molecule has 0 bridgehead atoms. The van der Waals surface area contributed by atoms with Crippen LogP contribution < -0.4 is 0 Å². The van der Waals surface area contributed by atoms with E-state index in [0.29, 0.717) is 6.61 Å². The minimum atomic E-state index is -3.88. The Bertz CT molecular complexity index is 119. The molecule has 5 nitrogen and oxygen atoms in total. The van der Waals surface area contributed by atoms with Crippen molar-refractivity contribution in [1.29, 1.82) is 0 Å². The quantitative estimate of drug-likeness (QED) is 0.560. The molecule has 0 saturated carbocycles. The van der Waals surface area contributed by atoms with Crippen LogP contribution in [0, 0.1) is 0 Å². The zero-order valence-electron chi connectivity index (χ0n) is 7.61. The van der Waals surface area contributed by atoms with Crippen molar-refractivity contribution in [1.82, 2.24) is 0 Å². The third-order valence-corrected chi connectivity index (χ3v) is 2.46. The largest absolute Gasteiger partial charge is 0.674 e. The molecular weight excluding hydrogens is 180 g/mol. The van der Waals surface area contributed by atoms with Crippen LogP contribution in [0.5, 0.6) is 0 Å². The fourth-order valence-corrected chi connectivity index (χ4v) is 1.79. The van der Waals surface area contributed by atoms with E-state index >= 15 is 0 Å². The monoisotopic (exact) mass is 196 g/mol. The molecule has 0 saturated heterocycles. The highest BCUT2D eigenvalue weighted by Crippen LogP contribution is 2.03.